The Morgan fingerprint density at radius 1 is 0.812 bits per heavy atom. The lowest BCUT2D eigenvalue weighted by Gasteiger charge is -2.28. The predicted molar refractivity (Wildman–Crippen MR) is 60.9 cm³/mol. The second-order valence-electron chi connectivity index (χ2n) is 4.72. The van der Waals surface area contributed by atoms with Crippen LogP contribution in [0.2, 0.25) is 0 Å². The van der Waals surface area contributed by atoms with Gasteiger partial charge in [0.15, 0.2) is 11.3 Å². The van der Waals surface area contributed by atoms with Crippen molar-refractivity contribution in [2.75, 3.05) is 0 Å². The molecule has 2 aromatic carbocycles. The minimum Gasteiger partial charge on any atom is -0.235 e. The molecule has 16 heavy (non-hydrogen) atoms. The Kier molecular flexibility index (Phi) is 1.60. The Bertz CT molecular complexity index is 534. The van der Waals surface area contributed by atoms with E-state index in [1.807, 2.05) is 12.1 Å². The molecule has 1 aliphatic carbocycles. The Balaban J connectivity index is 2.54. The third-order valence-corrected chi connectivity index (χ3v) is 3.80. The first kappa shape index (κ1) is 9.76. The molecule has 0 aromatic heterocycles. The van der Waals surface area contributed by atoms with Crippen LogP contribution in [-0.2, 0) is 11.3 Å². The van der Waals surface area contributed by atoms with E-state index in [2.05, 4.69) is 0 Å². The van der Waals surface area contributed by atoms with Crippen molar-refractivity contribution in [3.05, 3.63) is 47.5 Å². The largest absolute Gasteiger partial charge is 0.235 e. The summed E-state index contributed by atoms with van der Waals surface area (Å²) in [7, 11) is 0. The Morgan fingerprint density at radius 2 is 1.25 bits per heavy atom. The van der Waals surface area contributed by atoms with Crippen molar-refractivity contribution in [2.45, 2.75) is 25.2 Å². The summed E-state index contributed by atoms with van der Waals surface area (Å²) in [4.78, 5) is 0. The maximum Gasteiger partial charge on any atom is 0.171 e. The van der Waals surface area contributed by atoms with E-state index in [1.54, 1.807) is 24.3 Å². The molecule has 0 aliphatic heterocycles. The first-order chi connectivity index (χ1) is 7.46. The van der Waals surface area contributed by atoms with Crippen LogP contribution in [0.15, 0.2) is 36.4 Å². The van der Waals surface area contributed by atoms with Gasteiger partial charge in [-0.25, -0.2) is 8.78 Å². The van der Waals surface area contributed by atoms with Gasteiger partial charge < -0.3 is 0 Å². The first-order valence-corrected chi connectivity index (χ1v) is 5.37. The quantitative estimate of drug-likeness (QED) is 0.621. The molecule has 1 aliphatic rings. The van der Waals surface area contributed by atoms with Crippen molar-refractivity contribution in [3.63, 3.8) is 0 Å². The van der Waals surface area contributed by atoms with Crippen LogP contribution in [0, 0.1) is 0 Å². The zero-order valence-electron chi connectivity index (χ0n) is 9.22. The molecule has 2 aromatic rings. The second-order valence-corrected chi connectivity index (χ2v) is 4.72. The minimum absolute atomic E-state index is 0.464. The van der Waals surface area contributed by atoms with E-state index >= 15 is 0 Å². The summed E-state index contributed by atoms with van der Waals surface area (Å²) in [5.41, 5.74) is -2.97. The van der Waals surface area contributed by atoms with Gasteiger partial charge >= 0.3 is 0 Å². The number of halogens is 2. The molecule has 0 amide bonds. The molecular formula is C14H12F2. The zero-order valence-corrected chi connectivity index (χ0v) is 9.22. The summed E-state index contributed by atoms with van der Waals surface area (Å²) in [6.45, 7) is 2.64. The highest BCUT2D eigenvalue weighted by Gasteiger charge is 2.55. The van der Waals surface area contributed by atoms with E-state index in [9.17, 15) is 8.78 Å². The highest BCUT2D eigenvalue weighted by atomic mass is 19.2. The monoisotopic (exact) mass is 218 g/mol. The predicted octanol–water partition coefficient (Wildman–Crippen LogP) is 4.22. The van der Waals surface area contributed by atoms with Crippen LogP contribution in [0.1, 0.15) is 25.0 Å². The van der Waals surface area contributed by atoms with Crippen LogP contribution in [0.25, 0.3) is 10.8 Å². The van der Waals surface area contributed by atoms with Crippen LogP contribution in [0.4, 0.5) is 8.78 Å². The summed E-state index contributed by atoms with van der Waals surface area (Å²) < 4.78 is 29.2. The van der Waals surface area contributed by atoms with Gasteiger partial charge in [0.2, 0.25) is 0 Å². The summed E-state index contributed by atoms with van der Waals surface area (Å²) in [6, 6.07) is 10.7. The molecule has 0 saturated carbocycles. The van der Waals surface area contributed by atoms with Crippen LogP contribution < -0.4 is 0 Å². The molecule has 82 valence electrons. The fraction of sp³-hybridized carbons (Fsp3) is 0.286. The normalized spacial score (nSPS) is 32.2. The van der Waals surface area contributed by atoms with Crippen molar-refractivity contribution in [3.8, 4) is 0 Å². The van der Waals surface area contributed by atoms with E-state index in [0.717, 1.165) is 10.8 Å². The van der Waals surface area contributed by atoms with Crippen LogP contribution >= 0.6 is 0 Å². The molecule has 0 radical (unpaired) electrons. The van der Waals surface area contributed by atoms with Crippen molar-refractivity contribution in [1.82, 2.24) is 0 Å². The SMILES string of the molecule is CC1(F)c2cccc3cccc(c23)C1(C)F. The number of hydrogen-bond acceptors (Lipinski definition) is 0. The minimum atomic E-state index is -1.95. The third-order valence-electron chi connectivity index (χ3n) is 3.80. The smallest absolute Gasteiger partial charge is 0.171 e. The standard InChI is InChI=1S/C14H12F2/c1-13(15)10-7-3-5-9-6-4-8-11(12(9)10)14(13,2)16/h3-8H,1-2H3. The van der Waals surface area contributed by atoms with Crippen molar-refractivity contribution >= 4 is 10.8 Å². The van der Waals surface area contributed by atoms with E-state index < -0.39 is 11.3 Å². The second kappa shape index (κ2) is 2.62. The maximum absolute atomic E-state index is 14.6. The van der Waals surface area contributed by atoms with E-state index in [1.165, 1.54) is 13.8 Å². The van der Waals surface area contributed by atoms with Gasteiger partial charge in [0.05, 0.1) is 0 Å². The molecule has 0 N–H and O–H groups in total. The zero-order chi connectivity index (χ0) is 11.6. The molecular weight excluding hydrogens is 206 g/mol. The topological polar surface area (TPSA) is 0 Å². The van der Waals surface area contributed by atoms with Gasteiger partial charge in [0.1, 0.15) is 0 Å². The number of alkyl halides is 2. The van der Waals surface area contributed by atoms with Crippen LogP contribution in [0.3, 0.4) is 0 Å². The lowest BCUT2D eigenvalue weighted by molar-refractivity contribution is -0.0132. The molecule has 3 rings (SSSR count). The van der Waals surface area contributed by atoms with Crippen molar-refractivity contribution < 1.29 is 8.78 Å². The van der Waals surface area contributed by atoms with Gasteiger partial charge in [-0.1, -0.05) is 36.4 Å². The fourth-order valence-electron chi connectivity index (χ4n) is 2.63. The summed E-state index contributed by atoms with van der Waals surface area (Å²) in [6.07, 6.45) is 0. The number of rotatable bonds is 0. The maximum atomic E-state index is 14.6. The van der Waals surface area contributed by atoms with E-state index in [-0.39, 0.29) is 0 Å². The van der Waals surface area contributed by atoms with Crippen LogP contribution in [0.5, 0.6) is 0 Å². The Morgan fingerprint density at radius 3 is 1.69 bits per heavy atom. The van der Waals surface area contributed by atoms with Gasteiger partial charge in [0.25, 0.3) is 0 Å². The summed E-state index contributed by atoms with van der Waals surface area (Å²) in [5.74, 6) is 0. The number of hydrogen-bond donors (Lipinski definition) is 0. The lowest BCUT2D eigenvalue weighted by atomic mass is 9.87. The molecule has 0 heterocycles. The van der Waals surface area contributed by atoms with E-state index in [0.29, 0.717) is 11.1 Å². The first-order valence-electron chi connectivity index (χ1n) is 5.37. The third kappa shape index (κ3) is 0.885. The Hall–Kier alpha value is -1.44. The van der Waals surface area contributed by atoms with Gasteiger partial charge in [-0.05, 0) is 24.6 Å². The average Bonchev–Trinajstić information content (AvgIpc) is 2.40. The molecule has 0 nitrogen and oxygen atoms in total. The van der Waals surface area contributed by atoms with E-state index in [4.69, 9.17) is 0 Å². The molecule has 2 atom stereocenters. The average molecular weight is 218 g/mol. The van der Waals surface area contributed by atoms with Gasteiger partial charge in [-0.3, -0.25) is 0 Å². The summed E-state index contributed by atoms with van der Waals surface area (Å²) >= 11 is 0. The van der Waals surface area contributed by atoms with Crippen molar-refractivity contribution in [1.29, 1.82) is 0 Å². The summed E-state index contributed by atoms with van der Waals surface area (Å²) in [5, 5.41) is 1.64. The fourth-order valence-corrected chi connectivity index (χ4v) is 2.63. The van der Waals surface area contributed by atoms with Crippen LogP contribution in [-0.4, -0.2) is 0 Å². The van der Waals surface area contributed by atoms with Gasteiger partial charge in [0, 0.05) is 11.1 Å². The van der Waals surface area contributed by atoms with Gasteiger partial charge in [-0.2, -0.15) is 0 Å². The Labute approximate surface area is 92.9 Å². The van der Waals surface area contributed by atoms with Gasteiger partial charge in [-0.15, -0.1) is 0 Å². The highest BCUT2D eigenvalue weighted by molar-refractivity contribution is 5.93. The number of benzene rings is 2. The molecule has 2 heteroatoms. The molecule has 0 saturated heterocycles. The molecule has 0 bridgehead atoms. The highest BCUT2D eigenvalue weighted by Crippen LogP contribution is 2.56. The van der Waals surface area contributed by atoms with Crippen molar-refractivity contribution in [2.24, 2.45) is 0 Å². The molecule has 2 unspecified atom stereocenters. The molecule has 0 fully saturated rings. The molecule has 0 spiro atoms. The lowest BCUT2D eigenvalue weighted by Crippen LogP contribution is -2.33.